The summed E-state index contributed by atoms with van der Waals surface area (Å²) in [5.41, 5.74) is 3.58. The summed E-state index contributed by atoms with van der Waals surface area (Å²) in [4.78, 5) is 2.46. The van der Waals surface area contributed by atoms with Gasteiger partial charge >= 0.3 is 0 Å². The first-order chi connectivity index (χ1) is 10.1. The van der Waals surface area contributed by atoms with Crippen LogP contribution in [0.3, 0.4) is 0 Å². The minimum Gasteiger partial charge on any atom is -0.300 e. The third-order valence-electron chi connectivity index (χ3n) is 4.54. The van der Waals surface area contributed by atoms with Gasteiger partial charge < -0.3 is 0 Å². The lowest BCUT2D eigenvalue weighted by atomic mass is 9.69. The predicted molar refractivity (Wildman–Crippen MR) is 99.3 cm³/mol. The first kappa shape index (κ1) is 19.2. The quantitative estimate of drug-likeness (QED) is 0.614. The number of hydrogen-bond acceptors (Lipinski definition) is 1. The fourth-order valence-electron chi connectivity index (χ4n) is 3.10. The van der Waals surface area contributed by atoms with Crippen LogP contribution in [0.2, 0.25) is 0 Å². The molecule has 1 unspecified atom stereocenters. The second kappa shape index (κ2) is 7.64. The minimum atomic E-state index is 0.299. The lowest BCUT2D eigenvalue weighted by Crippen LogP contribution is -2.24. The summed E-state index contributed by atoms with van der Waals surface area (Å²) in [5.74, 6) is 0.606. The van der Waals surface area contributed by atoms with E-state index in [0.717, 1.165) is 19.6 Å². The average molecular weight is 304 g/mol. The number of hydrogen-bond donors (Lipinski definition) is 0. The van der Waals surface area contributed by atoms with Gasteiger partial charge in [0.1, 0.15) is 0 Å². The molecule has 126 valence electrons. The highest BCUT2D eigenvalue weighted by Gasteiger charge is 2.30. The molecule has 1 aromatic rings. The van der Waals surface area contributed by atoms with Crippen LogP contribution in [0.4, 0.5) is 0 Å². The zero-order valence-corrected chi connectivity index (χ0v) is 16.2. The summed E-state index contributed by atoms with van der Waals surface area (Å²) in [5, 5.41) is 0. The molecule has 0 aliphatic carbocycles. The van der Waals surface area contributed by atoms with Gasteiger partial charge in [0.15, 0.2) is 0 Å². The molecule has 0 bridgehead atoms. The third kappa shape index (κ3) is 6.12. The molecule has 22 heavy (non-hydrogen) atoms. The number of rotatable bonds is 6. The van der Waals surface area contributed by atoms with E-state index in [-0.39, 0.29) is 0 Å². The van der Waals surface area contributed by atoms with Crippen LogP contribution in [-0.2, 0) is 6.54 Å². The smallest absolute Gasteiger partial charge is 0.0233 e. The van der Waals surface area contributed by atoms with Gasteiger partial charge in [0, 0.05) is 6.54 Å². The maximum absolute atomic E-state index is 2.46. The van der Waals surface area contributed by atoms with Gasteiger partial charge in [-0.2, -0.15) is 0 Å². The molecule has 0 fully saturated rings. The van der Waals surface area contributed by atoms with Crippen molar-refractivity contribution in [2.24, 2.45) is 10.8 Å². The van der Waals surface area contributed by atoms with E-state index in [1.807, 2.05) is 0 Å². The molecule has 0 aromatic heterocycles. The van der Waals surface area contributed by atoms with Crippen LogP contribution < -0.4 is 0 Å². The fourth-order valence-corrected chi connectivity index (χ4v) is 3.10. The zero-order chi connectivity index (χ0) is 17.0. The van der Waals surface area contributed by atoms with Crippen LogP contribution in [0.5, 0.6) is 0 Å². The van der Waals surface area contributed by atoms with E-state index < -0.39 is 0 Å². The molecular formula is C21H37N. The van der Waals surface area contributed by atoms with Crippen LogP contribution in [0.15, 0.2) is 24.3 Å². The van der Waals surface area contributed by atoms with Crippen LogP contribution in [0.1, 0.15) is 78.9 Å². The summed E-state index contributed by atoms with van der Waals surface area (Å²) >= 11 is 0. The van der Waals surface area contributed by atoms with Crippen molar-refractivity contribution in [1.29, 1.82) is 0 Å². The Hall–Kier alpha value is -0.820. The molecule has 0 radical (unpaired) electrons. The van der Waals surface area contributed by atoms with Gasteiger partial charge in [0.25, 0.3) is 0 Å². The SMILES string of the molecule is CCN(CC)Cc1ccc(C(CC(C)(C)C)C(C)(C)C)cc1. The van der Waals surface area contributed by atoms with Gasteiger partial charge in [0.05, 0.1) is 0 Å². The lowest BCUT2D eigenvalue weighted by molar-refractivity contribution is 0.229. The van der Waals surface area contributed by atoms with E-state index in [4.69, 9.17) is 0 Å². The Labute approximate surface area is 139 Å². The summed E-state index contributed by atoms with van der Waals surface area (Å²) in [6.45, 7) is 21.9. The van der Waals surface area contributed by atoms with Crippen molar-refractivity contribution >= 4 is 0 Å². The summed E-state index contributed by atoms with van der Waals surface area (Å²) in [6, 6.07) is 9.38. The van der Waals surface area contributed by atoms with Crippen molar-refractivity contribution in [3.63, 3.8) is 0 Å². The molecule has 0 aliphatic rings. The molecule has 0 saturated heterocycles. The fraction of sp³-hybridized carbons (Fsp3) is 0.714. The van der Waals surface area contributed by atoms with Crippen molar-refractivity contribution in [1.82, 2.24) is 4.90 Å². The van der Waals surface area contributed by atoms with Crippen molar-refractivity contribution in [3.8, 4) is 0 Å². The maximum Gasteiger partial charge on any atom is 0.0233 e. The summed E-state index contributed by atoms with van der Waals surface area (Å²) < 4.78 is 0. The Kier molecular flexibility index (Phi) is 6.67. The largest absolute Gasteiger partial charge is 0.300 e. The van der Waals surface area contributed by atoms with Crippen molar-refractivity contribution in [2.75, 3.05) is 13.1 Å². The molecule has 0 amide bonds. The summed E-state index contributed by atoms with van der Waals surface area (Å²) in [6.07, 6.45) is 1.23. The molecule has 0 aliphatic heterocycles. The van der Waals surface area contributed by atoms with Gasteiger partial charge in [0.2, 0.25) is 0 Å². The van der Waals surface area contributed by atoms with Gasteiger partial charge in [-0.25, -0.2) is 0 Å². The Balaban J connectivity index is 2.93. The second-order valence-corrected chi connectivity index (χ2v) is 8.89. The molecule has 1 rings (SSSR count). The standard InChI is InChI=1S/C21H37N/c1-9-22(10-2)16-17-11-13-18(14-12-17)19(21(6,7)8)15-20(3,4)5/h11-14,19H,9-10,15-16H2,1-8H3. The highest BCUT2D eigenvalue weighted by Crippen LogP contribution is 2.43. The van der Waals surface area contributed by atoms with E-state index in [1.165, 1.54) is 17.5 Å². The van der Waals surface area contributed by atoms with Gasteiger partial charge in [-0.15, -0.1) is 0 Å². The van der Waals surface area contributed by atoms with Crippen molar-refractivity contribution in [3.05, 3.63) is 35.4 Å². The van der Waals surface area contributed by atoms with Crippen LogP contribution in [0.25, 0.3) is 0 Å². The van der Waals surface area contributed by atoms with E-state index in [1.54, 1.807) is 0 Å². The number of nitrogens with zero attached hydrogens (tertiary/aromatic N) is 1. The first-order valence-electron chi connectivity index (χ1n) is 8.88. The Morgan fingerprint density at radius 2 is 1.36 bits per heavy atom. The third-order valence-corrected chi connectivity index (χ3v) is 4.54. The van der Waals surface area contributed by atoms with Crippen molar-refractivity contribution in [2.45, 2.75) is 74.3 Å². The topological polar surface area (TPSA) is 3.24 Å². The highest BCUT2D eigenvalue weighted by molar-refractivity contribution is 5.27. The molecule has 0 spiro atoms. The zero-order valence-electron chi connectivity index (χ0n) is 16.2. The Morgan fingerprint density at radius 1 is 0.864 bits per heavy atom. The minimum absolute atomic E-state index is 0.299. The van der Waals surface area contributed by atoms with E-state index in [0.29, 0.717) is 16.7 Å². The van der Waals surface area contributed by atoms with Gasteiger partial charge in [-0.3, -0.25) is 4.90 Å². The molecule has 1 aromatic carbocycles. The lowest BCUT2D eigenvalue weighted by Gasteiger charge is -2.36. The maximum atomic E-state index is 2.46. The summed E-state index contributed by atoms with van der Waals surface area (Å²) in [7, 11) is 0. The van der Waals surface area contributed by atoms with Crippen LogP contribution in [-0.4, -0.2) is 18.0 Å². The van der Waals surface area contributed by atoms with Crippen LogP contribution >= 0.6 is 0 Å². The molecule has 0 saturated carbocycles. The second-order valence-electron chi connectivity index (χ2n) is 8.89. The van der Waals surface area contributed by atoms with Gasteiger partial charge in [-0.05, 0) is 47.4 Å². The molecule has 1 nitrogen and oxygen atoms in total. The predicted octanol–water partition coefficient (Wildman–Crippen LogP) is 6.09. The average Bonchev–Trinajstić information content (AvgIpc) is 2.41. The first-order valence-corrected chi connectivity index (χ1v) is 8.88. The molecule has 0 heterocycles. The van der Waals surface area contributed by atoms with E-state index in [9.17, 15) is 0 Å². The Morgan fingerprint density at radius 3 is 1.73 bits per heavy atom. The monoisotopic (exact) mass is 303 g/mol. The van der Waals surface area contributed by atoms with Crippen LogP contribution in [0, 0.1) is 10.8 Å². The molecular weight excluding hydrogens is 266 g/mol. The van der Waals surface area contributed by atoms with E-state index in [2.05, 4.69) is 84.6 Å². The molecule has 1 heteroatoms. The highest BCUT2D eigenvalue weighted by atomic mass is 15.1. The number of benzene rings is 1. The normalized spacial score (nSPS) is 14.4. The van der Waals surface area contributed by atoms with Crippen molar-refractivity contribution < 1.29 is 0 Å². The Bertz CT molecular complexity index is 426. The van der Waals surface area contributed by atoms with E-state index >= 15 is 0 Å². The molecule has 0 N–H and O–H groups in total. The van der Waals surface area contributed by atoms with Gasteiger partial charge in [-0.1, -0.05) is 79.7 Å². The molecule has 1 atom stereocenters.